The predicted molar refractivity (Wildman–Crippen MR) is 178 cm³/mol. The Morgan fingerprint density at radius 3 is 2.09 bits per heavy atom. The Kier molecular flexibility index (Phi) is 11.8. The third kappa shape index (κ3) is 8.63. The molecule has 0 spiro atoms. The number of nitro groups is 1. The van der Waals surface area contributed by atoms with Gasteiger partial charge in [-0.15, -0.1) is 0 Å². The van der Waals surface area contributed by atoms with Crippen molar-refractivity contribution in [2.24, 2.45) is 0 Å². The van der Waals surface area contributed by atoms with Gasteiger partial charge in [0.05, 0.1) is 25.6 Å². The molecule has 4 aromatic rings. The summed E-state index contributed by atoms with van der Waals surface area (Å²) in [6.07, 6.45) is 0.806. The topological polar surface area (TPSA) is 130 Å². The number of anilines is 1. The van der Waals surface area contributed by atoms with Crippen LogP contribution < -0.4 is 9.62 Å². The number of sulfonamides is 1. The first-order chi connectivity index (χ1) is 22.0. The van der Waals surface area contributed by atoms with Crippen molar-refractivity contribution in [3.05, 3.63) is 134 Å². The summed E-state index contributed by atoms with van der Waals surface area (Å²) in [6, 6.07) is 25.4. The molecular weight excluding hydrogens is 651 g/mol. The molecule has 240 valence electrons. The van der Waals surface area contributed by atoms with E-state index in [1.807, 2.05) is 37.3 Å². The van der Waals surface area contributed by atoms with Crippen LogP contribution in [0.2, 0.25) is 10.0 Å². The van der Waals surface area contributed by atoms with Crippen molar-refractivity contribution in [2.75, 3.05) is 17.4 Å². The summed E-state index contributed by atoms with van der Waals surface area (Å²) in [7, 11) is -4.34. The standard InChI is InChI=1S/C33H32Cl2N4O6S/c1-2-19-36-33(41)31(21-24-9-5-3-6-10-24)37(22-25-13-18-29(34)30(35)20-25)32(40)23-38(26-14-16-27(17-15-26)39(42)43)46(44,45)28-11-7-4-8-12-28/h3-18,20,31H,2,19,21-23H2,1H3,(H,36,41)/t31-/m1/s1. The Hall–Kier alpha value is -4.45. The van der Waals surface area contributed by atoms with Crippen LogP contribution in [0, 0.1) is 10.1 Å². The lowest BCUT2D eigenvalue weighted by Crippen LogP contribution is -2.53. The molecule has 1 atom stereocenters. The van der Waals surface area contributed by atoms with Gasteiger partial charge in [-0.05, 0) is 53.9 Å². The van der Waals surface area contributed by atoms with E-state index in [2.05, 4.69) is 5.32 Å². The van der Waals surface area contributed by atoms with Gasteiger partial charge in [-0.1, -0.05) is 84.7 Å². The summed E-state index contributed by atoms with van der Waals surface area (Å²) in [4.78, 5) is 40.1. The van der Waals surface area contributed by atoms with E-state index in [0.717, 1.165) is 22.0 Å². The molecule has 0 aliphatic heterocycles. The maximum Gasteiger partial charge on any atom is 0.269 e. The van der Waals surface area contributed by atoms with Gasteiger partial charge >= 0.3 is 0 Å². The Balaban J connectivity index is 1.81. The van der Waals surface area contributed by atoms with Gasteiger partial charge in [-0.3, -0.25) is 24.0 Å². The van der Waals surface area contributed by atoms with E-state index in [0.29, 0.717) is 23.6 Å². The van der Waals surface area contributed by atoms with Crippen molar-refractivity contribution < 1.29 is 22.9 Å². The van der Waals surface area contributed by atoms with E-state index in [1.165, 1.54) is 29.2 Å². The highest BCUT2D eigenvalue weighted by Crippen LogP contribution is 2.28. The van der Waals surface area contributed by atoms with Crippen LogP contribution in [0.4, 0.5) is 11.4 Å². The van der Waals surface area contributed by atoms with Crippen molar-refractivity contribution in [1.29, 1.82) is 0 Å². The van der Waals surface area contributed by atoms with Gasteiger partial charge in [-0.2, -0.15) is 0 Å². The molecule has 10 nitrogen and oxygen atoms in total. The Labute approximate surface area is 277 Å². The minimum Gasteiger partial charge on any atom is -0.354 e. The summed E-state index contributed by atoms with van der Waals surface area (Å²) < 4.78 is 28.9. The average Bonchev–Trinajstić information content (AvgIpc) is 3.06. The zero-order valence-corrected chi connectivity index (χ0v) is 27.2. The summed E-state index contributed by atoms with van der Waals surface area (Å²) in [5.74, 6) is -1.09. The van der Waals surface area contributed by atoms with Crippen molar-refractivity contribution in [3.63, 3.8) is 0 Å². The third-order valence-electron chi connectivity index (χ3n) is 7.12. The average molecular weight is 684 g/mol. The lowest BCUT2D eigenvalue weighted by Gasteiger charge is -2.34. The van der Waals surface area contributed by atoms with E-state index in [-0.39, 0.29) is 34.3 Å². The predicted octanol–water partition coefficient (Wildman–Crippen LogP) is 6.26. The van der Waals surface area contributed by atoms with E-state index in [1.54, 1.807) is 36.4 Å². The Bertz CT molecular complexity index is 1780. The molecule has 0 aliphatic carbocycles. The minimum absolute atomic E-state index is 0.0346. The van der Waals surface area contributed by atoms with Crippen LogP contribution in [0.1, 0.15) is 24.5 Å². The normalized spacial score (nSPS) is 11.8. The number of carbonyl (C=O) groups excluding carboxylic acids is 2. The van der Waals surface area contributed by atoms with E-state index in [9.17, 15) is 28.1 Å². The molecule has 0 saturated carbocycles. The number of nitrogens with zero attached hydrogens (tertiary/aromatic N) is 3. The highest BCUT2D eigenvalue weighted by atomic mass is 35.5. The number of amides is 2. The van der Waals surface area contributed by atoms with E-state index < -0.39 is 39.3 Å². The highest BCUT2D eigenvalue weighted by Gasteiger charge is 2.34. The van der Waals surface area contributed by atoms with Crippen LogP contribution in [0.25, 0.3) is 0 Å². The molecular formula is C33H32Cl2N4O6S. The Morgan fingerprint density at radius 1 is 0.870 bits per heavy atom. The largest absolute Gasteiger partial charge is 0.354 e. The number of halogens is 2. The monoisotopic (exact) mass is 682 g/mol. The fourth-order valence-electron chi connectivity index (χ4n) is 4.74. The highest BCUT2D eigenvalue weighted by molar-refractivity contribution is 7.92. The molecule has 0 radical (unpaired) electrons. The van der Waals surface area contributed by atoms with Crippen molar-refractivity contribution >= 4 is 56.4 Å². The molecule has 0 aromatic heterocycles. The third-order valence-corrected chi connectivity index (χ3v) is 9.64. The lowest BCUT2D eigenvalue weighted by atomic mass is 10.0. The maximum atomic E-state index is 14.4. The van der Waals surface area contributed by atoms with Crippen LogP contribution in [-0.2, 0) is 32.6 Å². The molecule has 0 aliphatic rings. The van der Waals surface area contributed by atoms with Gasteiger partial charge < -0.3 is 10.2 Å². The zero-order valence-electron chi connectivity index (χ0n) is 24.9. The van der Waals surface area contributed by atoms with Gasteiger partial charge in [0.15, 0.2) is 0 Å². The molecule has 2 amide bonds. The quantitative estimate of drug-likeness (QED) is 0.123. The van der Waals surface area contributed by atoms with Gasteiger partial charge in [-0.25, -0.2) is 8.42 Å². The molecule has 46 heavy (non-hydrogen) atoms. The molecule has 4 aromatic carbocycles. The zero-order chi connectivity index (χ0) is 33.3. The van der Waals surface area contributed by atoms with Crippen molar-refractivity contribution in [3.8, 4) is 0 Å². The second-order valence-corrected chi connectivity index (χ2v) is 13.0. The number of nitro benzene ring substituents is 1. The molecule has 13 heteroatoms. The van der Waals surface area contributed by atoms with Crippen molar-refractivity contribution in [2.45, 2.75) is 37.2 Å². The summed E-state index contributed by atoms with van der Waals surface area (Å²) >= 11 is 12.4. The summed E-state index contributed by atoms with van der Waals surface area (Å²) in [6.45, 7) is 1.48. The number of benzene rings is 4. The molecule has 0 heterocycles. The molecule has 0 unspecified atom stereocenters. The fourth-order valence-corrected chi connectivity index (χ4v) is 6.50. The minimum atomic E-state index is -4.34. The fraction of sp³-hybridized carbons (Fsp3) is 0.212. The van der Waals surface area contributed by atoms with E-state index >= 15 is 0 Å². The van der Waals surface area contributed by atoms with Crippen LogP contribution in [0.3, 0.4) is 0 Å². The first-order valence-corrected chi connectivity index (χ1v) is 16.6. The van der Waals surface area contributed by atoms with E-state index in [4.69, 9.17) is 23.2 Å². The van der Waals surface area contributed by atoms with Gasteiger partial charge in [0.2, 0.25) is 11.8 Å². The first-order valence-electron chi connectivity index (χ1n) is 14.4. The van der Waals surface area contributed by atoms with Crippen LogP contribution in [-0.4, -0.2) is 49.2 Å². The van der Waals surface area contributed by atoms with Crippen LogP contribution in [0.15, 0.2) is 108 Å². The number of hydrogen-bond donors (Lipinski definition) is 1. The number of hydrogen-bond acceptors (Lipinski definition) is 6. The summed E-state index contributed by atoms with van der Waals surface area (Å²) in [5, 5.41) is 14.7. The van der Waals surface area contributed by atoms with Crippen LogP contribution in [0.5, 0.6) is 0 Å². The van der Waals surface area contributed by atoms with Crippen molar-refractivity contribution in [1.82, 2.24) is 10.2 Å². The van der Waals surface area contributed by atoms with Crippen LogP contribution >= 0.6 is 23.2 Å². The second-order valence-electron chi connectivity index (χ2n) is 10.4. The lowest BCUT2D eigenvalue weighted by molar-refractivity contribution is -0.384. The molecule has 0 saturated heterocycles. The number of nitrogens with one attached hydrogen (secondary N) is 1. The van der Waals surface area contributed by atoms with Gasteiger partial charge in [0.1, 0.15) is 12.6 Å². The molecule has 0 bridgehead atoms. The van der Waals surface area contributed by atoms with Gasteiger partial charge in [0, 0.05) is 31.6 Å². The SMILES string of the molecule is CCCNC(=O)[C@@H](Cc1ccccc1)N(Cc1ccc(Cl)c(Cl)c1)C(=O)CN(c1ccc([N+](=O)[O-])cc1)S(=O)(=O)c1ccccc1. The molecule has 1 N–H and O–H groups in total. The smallest absolute Gasteiger partial charge is 0.269 e. The second kappa shape index (κ2) is 15.7. The Morgan fingerprint density at radius 2 is 1.50 bits per heavy atom. The molecule has 4 rings (SSSR count). The first kappa shape index (κ1) is 34.4. The maximum absolute atomic E-state index is 14.4. The number of rotatable bonds is 14. The number of non-ortho nitro benzene ring substituents is 1. The summed E-state index contributed by atoms with van der Waals surface area (Å²) in [5.41, 5.74) is 1.14. The number of carbonyl (C=O) groups is 2. The molecule has 0 fully saturated rings. The van der Waals surface area contributed by atoms with Gasteiger partial charge in [0.25, 0.3) is 15.7 Å².